The van der Waals surface area contributed by atoms with E-state index in [0.717, 1.165) is 18.8 Å². The van der Waals surface area contributed by atoms with Crippen LogP contribution in [0.4, 0.5) is 0 Å². The fraction of sp³-hybridized carbons (Fsp3) is 0.375. The molecule has 2 heterocycles. The maximum Gasteiger partial charge on any atom is 0.0974 e. The maximum atomic E-state index is 5.61. The molecule has 0 saturated carbocycles. The Balaban J connectivity index is 1.92. The van der Waals surface area contributed by atoms with Gasteiger partial charge in [-0.3, -0.25) is 9.36 Å². The summed E-state index contributed by atoms with van der Waals surface area (Å²) < 4.78 is 3.61. The number of hydrogen-bond donors (Lipinski definition) is 0. The highest BCUT2D eigenvalue weighted by molar-refractivity contribution is 6.16. The summed E-state index contributed by atoms with van der Waals surface area (Å²) in [6, 6.07) is 1.89. The molecule has 5 nitrogen and oxygen atoms in total. The maximum absolute atomic E-state index is 5.61. The molecule has 0 bridgehead atoms. The molecule has 2 aromatic rings. The van der Waals surface area contributed by atoms with Crippen LogP contribution in [0, 0.1) is 0 Å². The molecule has 0 N–H and O–H groups in total. The monoisotopic (exact) mass is 211 g/mol. The zero-order chi connectivity index (χ0) is 9.80. The average molecular weight is 212 g/mol. The number of nitrogens with zero attached hydrogens (tertiary/aromatic N) is 5. The third kappa shape index (κ3) is 2.11. The molecule has 0 aliphatic carbocycles. The quantitative estimate of drug-likeness (QED) is 0.707. The smallest absolute Gasteiger partial charge is 0.0974 e. The molecule has 0 unspecified atom stereocenters. The van der Waals surface area contributed by atoms with Crippen LogP contribution in [0.15, 0.2) is 24.7 Å². The SMILES string of the molecule is ClCc1cn(CCn2cccn2)nn1. The molecule has 74 valence electrons. The first-order valence-corrected chi connectivity index (χ1v) is 4.84. The van der Waals surface area contributed by atoms with Crippen molar-refractivity contribution in [2.45, 2.75) is 19.0 Å². The molecule has 0 aliphatic rings. The van der Waals surface area contributed by atoms with Crippen LogP contribution in [0.5, 0.6) is 0 Å². The van der Waals surface area contributed by atoms with Crippen molar-refractivity contribution in [2.24, 2.45) is 0 Å². The van der Waals surface area contributed by atoms with E-state index in [2.05, 4.69) is 15.4 Å². The normalized spacial score (nSPS) is 10.6. The second-order valence-electron chi connectivity index (χ2n) is 2.88. The van der Waals surface area contributed by atoms with E-state index in [9.17, 15) is 0 Å². The van der Waals surface area contributed by atoms with Gasteiger partial charge in [0.05, 0.1) is 24.7 Å². The molecular weight excluding hydrogens is 202 g/mol. The predicted octanol–water partition coefficient (Wildman–Crippen LogP) is 0.914. The van der Waals surface area contributed by atoms with Crippen LogP contribution in [-0.4, -0.2) is 24.8 Å². The first-order chi connectivity index (χ1) is 6.88. The lowest BCUT2D eigenvalue weighted by Gasteiger charge is -1.99. The zero-order valence-corrected chi connectivity index (χ0v) is 8.30. The lowest BCUT2D eigenvalue weighted by Crippen LogP contribution is -2.08. The van der Waals surface area contributed by atoms with Crippen molar-refractivity contribution in [3.63, 3.8) is 0 Å². The van der Waals surface area contributed by atoms with Crippen molar-refractivity contribution in [2.75, 3.05) is 0 Å². The minimum absolute atomic E-state index is 0.405. The first kappa shape index (κ1) is 9.21. The van der Waals surface area contributed by atoms with Gasteiger partial charge < -0.3 is 0 Å². The Bertz CT molecular complexity index is 380. The summed E-state index contributed by atoms with van der Waals surface area (Å²) in [5, 5.41) is 11.9. The molecule has 0 spiro atoms. The van der Waals surface area contributed by atoms with E-state index in [1.54, 1.807) is 10.9 Å². The lowest BCUT2D eigenvalue weighted by atomic mass is 10.5. The minimum atomic E-state index is 0.405. The summed E-state index contributed by atoms with van der Waals surface area (Å²) in [5.41, 5.74) is 0.798. The molecule has 0 radical (unpaired) electrons. The Morgan fingerprint density at radius 3 is 2.79 bits per heavy atom. The fourth-order valence-corrected chi connectivity index (χ4v) is 1.27. The minimum Gasteiger partial charge on any atom is -0.271 e. The van der Waals surface area contributed by atoms with Crippen molar-refractivity contribution >= 4 is 11.6 Å². The standard InChI is InChI=1S/C8H10ClN5/c9-6-8-7-14(12-11-8)5-4-13-3-1-2-10-13/h1-3,7H,4-6H2. The van der Waals surface area contributed by atoms with E-state index in [4.69, 9.17) is 11.6 Å². The van der Waals surface area contributed by atoms with Crippen LogP contribution >= 0.6 is 11.6 Å². The van der Waals surface area contributed by atoms with Crippen LogP contribution in [0.3, 0.4) is 0 Å². The molecule has 0 saturated heterocycles. The highest BCUT2D eigenvalue weighted by Crippen LogP contribution is 1.97. The molecule has 0 amide bonds. The Morgan fingerprint density at radius 2 is 2.14 bits per heavy atom. The number of rotatable bonds is 4. The van der Waals surface area contributed by atoms with Gasteiger partial charge >= 0.3 is 0 Å². The topological polar surface area (TPSA) is 48.5 Å². The molecule has 0 aromatic carbocycles. The second-order valence-corrected chi connectivity index (χ2v) is 3.14. The van der Waals surface area contributed by atoms with Crippen molar-refractivity contribution in [3.05, 3.63) is 30.4 Å². The zero-order valence-electron chi connectivity index (χ0n) is 7.54. The van der Waals surface area contributed by atoms with Gasteiger partial charge in [-0.15, -0.1) is 16.7 Å². The van der Waals surface area contributed by atoms with Gasteiger partial charge in [0.25, 0.3) is 0 Å². The van der Waals surface area contributed by atoms with Crippen molar-refractivity contribution in [1.82, 2.24) is 24.8 Å². The number of aromatic nitrogens is 5. The molecular formula is C8H10ClN5. The highest BCUT2D eigenvalue weighted by Gasteiger charge is 1.98. The molecule has 2 rings (SSSR count). The predicted molar refractivity (Wildman–Crippen MR) is 51.8 cm³/mol. The van der Waals surface area contributed by atoms with Gasteiger partial charge in [0.15, 0.2) is 0 Å². The highest BCUT2D eigenvalue weighted by atomic mass is 35.5. The third-order valence-electron chi connectivity index (χ3n) is 1.84. The largest absolute Gasteiger partial charge is 0.271 e. The Morgan fingerprint density at radius 1 is 1.29 bits per heavy atom. The average Bonchev–Trinajstić information content (AvgIpc) is 2.86. The third-order valence-corrected chi connectivity index (χ3v) is 2.11. The summed E-state index contributed by atoms with van der Waals surface area (Å²) in [4.78, 5) is 0. The number of hydrogen-bond acceptors (Lipinski definition) is 3. The number of alkyl halides is 1. The van der Waals surface area contributed by atoms with Gasteiger partial charge in [-0.1, -0.05) is 5.21 Å². The summed E-state index contributed by atoms with van der Waals surface area (Å²) in [6.45, 7) is 1.55. The molecule has 2 aromatic heterocycles. The number of aryl methyl sites for hydroxylation is 2. The molecule has 6 heteroatoms. The first-order valence-electron chi connectivity index (χ1n) is 4.31. The van der Waals surface area contributed by atoms with Gasteiger partial charge in [0.2, 0.25) is 0 Å². The van der Waals surface area contributed by atoms with Gasteiger partial charge in [-0.25, -0.2) is 0 Å². The second kappa shape index (κ2) is 4.23. The van der Waals surface area contributed by atoms with Gasteiger partial charge in [0, 0.05) is 18.6 Å². The lowest BCUT2D eigenvalue weighted by molar-refractivity contribution is 0.490. The van der Waals surface area contributed by atoms with Gasteiger partial charge in [0.1, 0.15) is 0 Å². The van der Waals surface area contributed by atoms with Crippen molar-refractivity contribution in [3.8, 4) is 0 Å². The Labute approximate surface area is 86.3 Å². The Kier molecular flexibility index (Phi) is 2.78. The van der Waals surface area contributed by atoms with Crippen LogP contribution in [0.25, 0.3) is 0 Å². The molecule has 0 atom stereocenters. The summed E-state index contributed by atoms with van der Waals surface area (Å²) in [7, 11) is 0. The van der Waals surface area contributed by atoms with E-state index in [0.29, 0.717) is 5.88 Å². The van der Waals surface area contributed by atoms with E-state index in [-0.39, 0.29) is 0 Å². The summed E-state index contributed by atoms with van der Waals surface area (Å²) in [6.07, 6.45) is 5.52. The van der Waals surface area contributed by atoms with E-state index in [1.165, 1.54) is 0 Å². The molecule has 0 aliphatic heterocycles. The summed E-state index contributed by atoms with van der Waals surface area (Å²) in [5.74, 6) is 0.405. The van der Waals surface area contributed by atoms with Crippen molar-refractivity contribution in [1.29, 1.82) is 0 Å². The van der Waals surface area contributed by atoms with Crippen LogP contribution in [0.2, 0.25) is 0 Å². The summed E-state index contributed by atoms with van der Waals surface area (Å²) >= 11 is 5.61. The van der Waals surface area contributed by atoms with Crippen LogP contribution < -0.4 is 0 Å². The van der Waals surface area contributed by atoms with E-state index >= 15 is 0 Å². The van der Waals surface area contributed by atoms with E-state index < -0.39 is 0 Å². The molecule has 0 fully saturated rings. The molecule has 14 heavy (non-hydrogen) atoms. The number of halogens is 1. The van der Waals surface area contributed by atoms with Gasteiger partial charge in [-0.2, -0.15) is 5.10 Å². The Hall–Kier alpha value is -1.36. The van der Waals surface area contributed by atoms with E-state index in [1.807, 2.05) is 23.1 Å². The van der Waals surface area contributed by atoms with Crippen LogP contribution in [0.1, 0.15) is 5.69 Å². The van der Waals surface area contributed by atoms with Gasteiger partial charge in [-0.05, 0) is 6.07 Å². The van der Waals surface area contributed by atoms with Crippen molar-refractivity contribution < 1.29 is 0 Å². The fourth-order valence-electron chi connectivity index (χ4n) is 1.15. The van der Waals surface area contributed by atoms with Crippen LogP contribution in [-0.2, 0) is 19.0 Å².